The van der Waals surface area contributed by atoms with Gasteiger partial charge in [0.15, 0.2) is 0 Å². The number of anilines is 1. The highest BCUT2D eigenvalue weighted by atomic mass is 35.5. The number of aryl methyl sites for hydroxylation is 1. The van der Waals surface area contributed by atoms with Crippen molar-refractivity contribution in [3.05, 3.63) is 65.3 Å². The van der Waals surface area contributed by atoms with E-state index in [9.17, 15) is 0 Å². The Morgan fingerprint density at radius 3 is 2.71 bits per heavy atom. The molecule has 2 heterocycles. The van der Waals surface area contributed by atoms with E-state index in [-0.39, 0.29) is 0 Å². The number of rotatable bonds is 4. The topological polar surface area (TPSA) is 58.5 Å². The van der Waals surface area contributed by atoms with Gasteiger partial charge < -0.3 is 9.88 Å². The van der Waals surface area contributed by atoms with Crippen LogP contribution in [0.15, 0.2) is 54.7 Å². The molecule has 0 bridgehead atoms. The molecular weight excluding hydrogens is 322 g/mol. The van der Waals surface area contributed by atoms with Gasteiger partial charge in [0.2, 0.25) is 5.95 Å². The third-order valence-electron chi connectivity index (χ3n) is 4.07. The lowest BCUT2D eigenvalue weighted by molar-refractivity contribution is 0.928. The number of hydrogen-bond acceptors (Lipinski definition) is 3. The van der Waals surface area contributed by atoms with E-state index in [4.69, 9.17) is 11.6 Å². The van der Waals surface area contributed by atoms with E-state index < -0.39 is 0 Å². The first kappa shape index (κ1) is 14.8. The second kappa shape index (κ2) is 6.02. The van der Waals surface area contributed by atoms with Gasteiger partial charge in [-0.15, -0.1) is 0 Å². The molecule has 0 saturated carbocycles. The van der Waals surface area contributed by atoms with Crippen LogP contribution in [0.3, 0.4) is 0 Å². The van der Waals surface area contributed by atoms with Crippen LogP contribution in [-0.2, 0) is 13.6 Å². The summed E-state index contributed by atoms with van der Waals surface area (Å²) in [5.74, 6) is 0.833. The highest BCUT2D eigenvalue weighted by molar-refractivity contribution is 6.30. The molecule has 24 heavy (non-hydrogen) atoms. The van der Waals surface area contributed by atoms with Crippen molar-refractivity contribution in [1.82, 2.24) is 19.7 Å². The lowest BCUT2D eigenvalue weighted by Crippen LogP contribution is -2.05. The minimum absolute atomic E-state index is 0.631. The number of aromatic amines is 1. The predicted molar refractivity (Wildman–Crippen MR) is 97.1 cm³/mol. The predicted octanol–water partition coefficient (Wildman–Crippen LogP) is 4.23. The van der Waals surface area contributed by atoms with Crippen molar-refractivity contribution in [2.24, 2.45) is 7.05 Å². The third kappa shape index (κ3) is 2.63. The molecule has 5 nitrogen and oxygen atoms in total. The smallest absolute Gasteiger partial charge is 0.203 e. The summed E-state index contributed by atoms with van der Waals surface area (Å²) in [5.41, 5.74) is 5.19. The number of halogens is 1. The molecule has 0 radical (unpaired) electrons. The standard InChI is InChI=1S/C18H16ClN5/c1-24-16-5-3-2-4-15(16)22-18(24)20-10-13-11-21-23-17(13)12-6-8-14(19)9-7-12/h2-9,11H,10H2,1H3,(H,20,22)(H,21,23). The van der Waals surface area contributed by atoms with Gasteiger partial charge >= 0.3 is 0 Å². The molecule has 4 rings (SSSR count). The van der Waals surface area contributed by atoms with Crippen LogP contribution in [-0.4, -0.2) is 19.7 Å². The van der Waals surface area contributed by atoms with Gasteiger partial charge in [-0.25, -0.2) is 4.98 Å². The number of hydrogen-bond donors (Lipinski definition) is 2. The second-order valence-electron chi connectivity index (χ2n) is 5.61. The largest absolute Gasteiger partial charge is 0.351 e. The number of H-pyrrole nitrogens is 1. The summed E-state index contributed by atoms with van der Waals surface area (Å²) in [6, 6.07) is 15.8. The van der Waals surface area contributed by atoms with E-state index in [1.54, 1.807) is 0 Å². The molecule has 0 fully saturated rings. The number of nitrogens with zero attached hydrogens (tertiary/aromatic N) is 3. The van der Waals surface area contributed by atoms with Gasteiger partial charge in [0, 0.05) is 24.2 Å². The molecule has 0 spiro atoms. The molecule has 2 aromatic heterocycles. The quantitative estimate of drug-likeness (QED) is 0.586. The summed E-state index contributed by atoms with van der Waals surface area (Å²) < 4.78 is 2.05. The molecule has 0 aliphatic heterocycles. The van der Waals surface area contributed by atoms with E-state index >= 15 is 0 Å². The number of para-hydroxylation sites is 2. The van der Waals surface area contributed by atoms with E-state index in [0.29, 0.717) is 6.54 Å². The summed E-state index contributed by atoms with van der Waals surface area (Å²) in [4.78, 5) is 4.63. The maximum atomic E-state index is 5.96. The highest BCUT2D eigenvalue weighted by Gasteiger charge is 2.10. The van der Waals surface area contributed by atoms with Crippen molar-refractivity contribution < 1.29 is 0 Å². The Morgan fingerprint density at radius 1 is 1.12 bits per heavy atom. The summed E-state index contributed by atoms with van der Waals surface area (Å²) >= 11 is 5.96. The molecule has 0 atom stereocenters. The summed E-state index contributed by atoms with van der Waals surface area (Å²) in [5, 5.41) is 11.3. The van der Waals surface area contributed by atoms with Crippen LogP contribution in [0.25, 0.3) is 22.3 Å². The van der Waals surface area contributed by atoms with Gasteiger partial charge in [0.1, 0.15) is 0 Å². The van der Waals surface area contributed by atoms with Gasteiger partial charge in [-0.1, -0.05) is 35.9 Å². The fraction of sp³-hybridized carbons (Fsp3) is 0.111. The molecular formula is C18H16ClN5. The lowest BCUT2D eigenvalue weighted by atomic mass is 10.1. The number of aromatic nitrogens is 4. The van der Waals surface area contributed by atoms with Gasteiger partial charge in [0.25, 0.3) is 0 Å². The van der Waals surface area contributed by atoms with E-state index in [1.807, 2.05) is 55.7 Å². The monoisotopic (exact) mass is 337 g/mol. The zero-order valence-electron chi connectivity index (χ0n) is 13.1. The Hall–Kier alpha value is -2.79. The maximum Gasteiger partial charge on any atom is 0.203 e. The summed E-state index contributed by atoms with van der Waals surface area (Å²) in [6.45, 7) is 0.631. The Morgan fingerprint density at radius 2 is 1.92 bits per heavy atom. The van der Waals surface area contributed by atoms with Crippen LogP contribution < -0.4 is 5.32 Å². The molecule has 0 unspecified atom stereocenters. The Balaban J connectivity index is 1.59. The number of fused-ring (bicyclic) bond motifs is 1. The Bertz CT molecular complexity index is 984. The normalized spacial score (nSPS) is 11.1. The fourth-order valence-corrected chi connectivity index (χ4v) is 2.92. The first-order valence-electron chi connectivity index (χ1n) is 7.66. The van der Waals surface area contributed by atoms with Crippen molar-refractivity contribution in [1.29, 1.82) is 0 Å². The van der Waals surface area contributed by atoms with Crippen LogP contribution in [0.2, 0.25) is 5.02 Å². The Kier molecular flexibility index (Phi) is 3.70. The molecule has 0 aliphatic carbocycles. The maximum absolute atomic E-state index is 5.96. The molecule has 0 amide bonds. The average Bonchev–Trinajstić information content (AvgIpc) is 3.19. The first-order valence-corrected chi connectivity index (χ1v) is 8.03. The van der Waals surface area contributed by atoms with Crippen LogP contribution in [0, 0.1) is 0 Å². The van der Waals surface area contributed by atoms with Crippen molar-refractivity contribution in [3.8, 4) is 11.3 Å². The second-order valence-corrected chi connectivity index (χ2v) is 6.05. The lowest BCUT2D eigenvalue weighted by Gasteiger charge is -2.07. The van der Waals surface area contributed by atoms with Crippen LogP contribution in [0.5, 0.6) is 0 Å². The van der Waals surface area contributed by atoms with Crippen LogP contribution >= 0.6 is 11.6 Å². The fourth-order valence-electron chi connectivity index (χ4n) is 2.79. The van der Waals surface area contributed by atoms with Crippen LogP contribution in [0.1, 0.15) is 5.56 Å². The van der Waals surface area contributed by atoms with Gasteiger partial charge in [0.05, 0.1) is 22.9 Å². The van der Waals surface area contributed by atoms with Gasteiger partial charge in [-0.2, -0.15) is 5.10 Å². The zero-order valence-corrected chi connectivity index (χ0v) is 13.9. The molecule has 4 aromatic rings. The Labute approximate surface area is 144 Å². The zero-order chi connectivity index (χ0) is 16.5. The summed E-state index contributed by atoms with van der Waals surface area (Å²) in [7, 11) is 2.01. The summed E-state index contributed by atoms with van der Waals surface area (Å²) in [6.07, 6.45) is 1.83. The number of nitrogens with one attached hydrogen (secondary N) is 2. The molecule has 0 aliphatic rings. The van der Waals surface area contributed by atoms with Crippen LogP contribution in [0.4, 0.5) is 5.95 Å². The van der Waals surface area contributed by atoms with E-state index in [1.165, 1.54) is 0 Å². The molecule has 0 saturated heterocycles. The van der Waals surface area contributed by atoms with Crippen molar-refractivity contribution in [2.45, 2.75) is 6.54 Å². The third-order valence-corrected chi connectivity index (χ3v) is 4.33. The van der Waals surface area contributed by atoms with Crippen molar-refractivity contribution in [2.75, 3.05) is 5.32 Å². The minimum atomic E-state index is 0.631. The van der Waals surface area contributed by atoms with Crippen molar-refractivity contribution in [3.63, 3.8) is 0 Å². The molecule has 2 N–H and O–H groups in total. The highest BCUT2D eigenvalue weighted by Crippen LogP contribution is 2.24. The van der Waals surface area contributed by atoms with Gasteiger partial charge in [-0.3, -0.25) is 5.10 Å². The number of imidazole rings is 1. The first-order chi connectivity index (χ1) is 11.7. The van der Waals surface area contributed by atoms with E-state index in [2.05, 4.69) is 31.1 Å². The molecule has 120 valence electrons. The molecule has 2 aromatic carbocycles. The molecule has 6 heteroatoms. The van der Waals surface area contributed by atoms with E-state index in [0.717, 1.165) is 38.8 Å². The number of benzene rings is 2. The average molecular weight is 338 g/mol. The van der Waals surface area contributed by atoms with Crippen molar-refractivity contribution >= 4 is 28.6 Å². The van der Waals surface area contributed by atoms with Gasteiger partial charge in [-0.05, 0) is 29.8 Å². The minimum Gasteiger partial charge on any atom is -0.351 e. The SMILES string of the molecule is Cn1c(NCc2cn[nH]c2-c2ccc(Cl)cc2)nc2ccccc21.